The summed E-state index contributed by atoms with van der Waals surface area (Å²) < 4.78 is 2.35. The molecule has 4 heteroatoms. The molecule has 0 amide bonds. The molecule has 10 rings (SSSR count). The van der Waals surface area contributed by atoms with Gasteiger partial charge in [-0.15, -0.1) is 0 Å². The van der Waals surface area contributed by atoms with Gasteiger partial charge in [-0.1, -0.05) is 186 Å². The van der Waals surface area contributed by atoms with Crippen LogP contribution in [0.25, 0.3) is 66.4 Å². The third-order valence-corrected chi connectivity index (χ3v) is 12.6. The lowest BCUT2D eigenvalue weighted by Gasteiger charge is -2.35. The molecule has 0 unspecified atom stereocenters. The number of para-hydroxylation sites is 1. The molecule has 0 radical (unpaired) electrons. The Labute approximate surface area is 390 Å². The fourth-order valence-corrected chi connectivity index (χ4v) is 9.59. The molecule has 3 heterocycles. The van der Waals surface area contributed by atoms with Crippen molar-refractivity contribution in [3.63, 3.8) is 0 Å². The van der Waals surface area contributed by atoms with Crippen LogP contribution >= 0.6 is 0 Å². The molecule has 0 N–H and O–H groups in total. The topological polar surface area (TPSA) is 34.0 Å². The van der Waals surface area contributed by atoms with Gasteiger partial charge in [0.05, 0.1) is 16.7 Å². The summed E-state index contributed by atoms with van der Waals surface area (Å²) in [6, 6.07) is 54.2. The molecule has 0 bridgehead atoms. The predicted octanol–water partition coefficient (Wildman–Crippen LogP) is 17.1. The van der Waals surface area contributed by atoms with Crippen LogP contribution in [0.4, 0.5) is 5.69 Å². The van der Waals surface area contributed by atoms with E-state index in [1.165, 1.54) is 66.5 Å². The van der Waals surface area contributed by atoms with Crippen LogP contribution < -0.4 is 4.90 Å². The monoisotopic (exact) mass is 858 g/mol. The molecule has 326 valence electrons. The molecule has 2 aromatic heterocycles. The maximum Gasteiger partial charge on any atom is 0.161 e. The summed E-state index contributed by atoms with van der Waals surface area (Å²) in [4.78, 5) is 13.2. The second-order valence-electron chi connectivity index (χ2n) is 16.6. The first-order chi connectivity index (χ1) is 32.6. The summed E-state index contributed by atoms with van der Waals surface area (Å²) in [5.41, 5.74) is 15.1. The first-order valence-corrected chi connectivity index (χ1v) is 23.8. The molecule has 1 aliphatic heterocycles. The van der Waals surface area contributed by atoms with Gasteiger partial charge in [0.25, 0.3) is 0 Å². The van der Waals surface area contributed by atoms with Gasteiger partial charge in [0.1, 0.15) is 5.82 Å². The number of hydrogen-bond acceptors (Lipinski definition) is 3. The SMILES string of the molecule is C=CC1=C(CCC)CC/C(=C\C(=C/CC)c2ccc3c(c2)c2c4ccccc4ccc2n3-c2cc(-c3ccccc3)nc(C3=CCC=C(c4ccccc4)C=C3)n2)N1c1ccccc1.CC. The highest BCUT2D eigenvalue weighted by Gasteiger charge is 2.25. The summed E-state index contributed by atoms with van der Waals surface area (Å²) >= 11 is 0. The van der Waals surface area contributed by atoms with Crippen LogP contribution in [-0.4, -0.2) is 14.5 Å². The highest BCUT2D eigenvalue weighted by molar-refractivity contribution is 6.21. The molecule has 66 heavy (non-hydrogen) atoms. The van der Waals surface area contributed by atoms with Crippen LogP contribution in [0.5, 0.6) is 0 Å². The second kappa shape index (κ2) is 20.1. The van der Waals surface area contributed by atoms with Crippen LogP contribution in [0.15, 0.2) is 218 Å². The zero-order valence-corrected chi connectivity index (χ0v) is 38.7. The summed E-state index contributed by atoms with van der Waals surface area (Å²) in [6.45, 7) is 12.8. The molecular weight excluding hydrogens is 801 g/mol. The largest absolute Gasteiger partial charge is 0.314 e. The smallest absolute Gasteiger partial charge is 0.161 e. The zero-order valence-electron chi connectivity index (χ0n) is 38.7. The van der Waals surface area contributed by atoms with Gasteiger partial charge in [0, 0.05) is 45.1 Å². The van der Waals surface area contributed by atoms with E-state index in [-0.39, 0.29) is 0 Å². The van der Waals surface area contributed by atoms with Crippen LogP contribution in [-0.2, 0) is 0 Å². The van der Waals surface area contributed by atoms with Crippen molar-refractivity contribution < 1.29 is 0 Å². The Bertz CT molecular complexity index is 3230. The molecule has 2 aliphatic rings. The number of aromatic nitrogens is 3. The summed E-state index contributed by atoms with van der Waals surface area (Å²) in [6.07, 6.45) is 21.6. The van der Waals surface area contributed by atoms with E-state index in [1.807, 2.05) is 13.8 Å². The number of nitrogens with zero attached hydrogens (tertiary/aromatic N) is 4. The highest BCUT2D eigenvalue weighted by atomic mass is 15.2. The van der Waals surface area contributed by atoms with E-state index in [9.17, 15) is 0 Å². The van der Waals surface area contributed by atoms with Gasteiger partial charge in [-0.3, -0.25) is 4.57 Å². The highest BCUT2D eigenvalue weighted by Crippen LogP contribution is 2.41. The molecule has 0 saturated carbocycles. The molecule has 0 saturated heterocycles. The lowest BCUT2D eigenvalue weighted by Crippen LogP contribution is -2.26. The number of benzene rings is 6. The molecule has 0 fully saturated rings. The molecule has 8 aromatic rings. The summed E-state index contributed by atoms with van der Waals surface area (Å²) in [5.74, 6) is 1.54. The zero-order chi connectivity index (χ0) is 45.4. The van der Waals surface area contributed by atoms with Gasteiger partial charge in [-0.2, -0.15) is 0 Å². The normalized spacial score (nSPS) is 14.9. The van der Waals surface area contributed by atoms with Crippen molar-refractivity contribution in [3.8, 4) is 17.1 Å². The quantitative estimate of drug-likeness (QED) is 0.130. The van der Waals surface area contributed by atoms with E-state index >= 15 is 0 Å². The molecule has 6 aromatic carbocycles. The Kier molecular flexibility index (Phi) is 13.3. The van der Waals surface area contributed by atoms with Crippen molar-refractivity contribution in [2.75, 3.05) is 4.90 Å². The standard InChI is InChI=1S/C60H52N4.C2H6/c1-4-19-46-33-36-51(63(55(46)6-3)50-28-14-9-15-29-50)39-48(20-5-2)49-35-37-56-53(40-49)59-52-30-17-16-23-44(52)34-38-57(59)64(56)58-41-54(45-24-12-8-13-25-45)61-60(62-58)47-27-18-26-43(31-32-47)42-21-10-7-11-22-42;1-2/h6-17,20-32,34-35,37-41H,3-5,18-19,33,36H2,1-2H3;1-2H3/b48-20+,51-39+;. The van der Waals surface area contributed by atoms with Gasteiger partial charge >= 0.3 is 0 Å². The Morgan fingerprint density at radius 2 is 1.35 bits per heavy atom. The maximum atomic E-state index is 5.45. The number of fused-ring (bicyclic) bond motifs is 5. The van der Waals surface area contributed by atoms with E-state index in [0.29, 0.717) is 5.82 Å². The van der Waals surface area contributed by atoms with Crippen LogP contribution in [0.1, 0.15) is 83.2 Å². The third kappa shape index (κ3) is 8.67. The average molecular weight is 859 g/mol. The van der Waals surface area contributed by atoms with Crippen molar-refractivity contribution in [1.29, 1.82) is 0 Å². The third-order valence-electron chi connectivity index (χ3n) is 12.6. The predicted molar refractivity (Wildman–Crippen MR) is 283 cm³/mol. The van der Waals surface area contributed by atoms with Gasteiger partial charge in [-0.05, 0) is 113 Å². The molecule has 0 atom stereocenters. The van der Waals surface area contributed by atoms with Crippen molar-refractivity contribution in [1.82, 2.24) is 14.5 Å². The first kappa shape index (κ1) is 43.7. The van der Waals surface area contributed by atoms with Gasteiger partial charge in [-0.25, -0.2) is 9.97 Å². The van der Waals surface area contributed by atoms with E-state index in [0.717, 1.165) is 72.2 Å². The van der Waals surface area contributed by atoms with Crippen LogP contribution in [0, 0.1) is 0 Å². The minimum atomic E-state index is 0.702. The van der Waals surface area contributed by atoms with Crippen molar-refractivity contribution in [2.45, 2.75) is 66.2 Å². The fraction of sp³-hybridized carbons (Fsp3) is 0.161. The summed E-state index contributed by atoms with van der Waals surface area (Å²) in [7, 11) is 0. The lowest BCUT2D eigenvalue weighted by molar-refractivity contribution is 0.749. The Morgan fingerprint density at radius 3 is 2.09 bits per heavy atom. The van der Waals surface area contributed by atoms with Crippen molar-refractivity contribution in [2.24, 2.45) is 0 Å². The Morgan fingerprint density at radius 1 is 0.667 bits per heavy atom. The van der Waals surface area contributed by atoms with Crippen LogP contribution in [0.2, 0.25) is 0 Å². The number of rotatable bonds is 11. The van der Waals surface area contributed by atoms with Gasteiger partial charge < -0.3 is 4.90 Å². The molecule has 4 nitrogen and oxygen atoms in total. The van der Waals surface area contributed by atoms with Crippen molar-refractivity contribution in [3.05, 3.63) is 235 Å². The molecule has 0 spiro atoms. The van der Waals surface area contributed by atoms with Gasteiger partial charge in [0.2, 0.25) is 0 Å². The van der Waals surface area contributed by atoms with E-state index in [4.69, 9.17) is 9.97 Å². The minimum absolute atomic E-state index is 0.702. The minimum Gasteiger partial charge on any atom is -0.314 e. The Hall–Kier alpha value is -7.56. The van der Waals surface area contributed by atoms with E-state index in [1.54, 1.807) is 0 Å². The number of allylic oxidation sites excluding steroid dienone is 12. The molecular formula is C62H58N4. The lowest BCUT2D eigenvalue weighted by atomic mass is 9.92. The Balaban J connectivity index is 0.00000270. The maximum absolute atomic E-state index is 5.45. The van der Waals surface area contributed by atoms with E-state index in [2.05, 4.69) is 224 Å². The fourth-order valence-electron chi connectivity index (χ4n) is 9.59. The second-order valence-corrected chi connectivity index (χ2v) is 16.6. The summed E-state index contributed by atoms with van der Waals surface area (Å²) in [5, 5.41) is 4.84. The van der Waals surface area contributed by atoms with Crippen molar-refractivity contribution >= 4 is 55.0 Å². The van der Waals surface area contributed by atoms with Crippen LogP contribution in [0.3, 0.4) is 0 Å². The van der Waals surface area contributed by atoms with E-state index < -0.39 is 0 Å². The molecule has 1 aliphatic carbocycles. The average Bonchev–Trinajstić information content (AvgIpc) is 3.51. The number of anilines is 1. The number of hydrogen-bond donors (Lipinski definition) is 0. The first-order valence-electron chi connectivity index (χ1n) is 23.8. The van der Waals surface area contributed by atoms with Gasteiger partial charge in [0.15, 0.2) is 5.82 Å².